The summed E-state index contributed by atoms with van der Waals surface area (Å²) in [4.78, 5) is 8.53. The Bertz CT molecular complexity index is 269. The zero-order valence-corrected chi connectivity index (χ0v) is 6.84. The van der Waals surface area contributed by atoms with E-state index >= 15 is 0 Å². The summed E-state index contributed by atoms with van der Waals surface area (Å²) in [5.41, 5.74) is 1.01. The molecule has 1 aliphatic rings. The van der Waals surface area contributed by atoms with Crippen LogP contribution in [0.15, 0.2) is 29.4 Å². The molecule has 1 aromatic heterocycles. The minimum Gasteiger partial charge on any atom is -0.275 e. The van der Waals surface area contributed by atoms with Crippen molar-refractivity contribution < 1.29 is 0 Å². The first-order valence-electron chi connectivity index (χ1n) is 3.55. The highest BCUT2D eigenvalue weighted by atomic mass is 32.2. The van der Waals surface area contributed by atoms with E-state index in [1.54, 1.807) is 18.0 Å². The van der Waals surface area contributed by atoms with Crippen molar-refractivity contribution in [3.63, 3.8) is 0 Å². The van der Waals surface area contributed by atoms with E-state index in [9.17, 15) is 0 Å². The van der Waals surface area contributed by atoms with E-state index in [-0.39, 0.29) is 0 Å². The molecule has 2 heterocycles. The molecule has 0 spiro atoms. The molecular formula is C8H8N2S. The lowest BCUT2D eigenvalue weighted by atomic mass is 10.4. The first-order valence-corrected chi connectivity index (χ1v) is 4.54. The van der Waals surface area contributed by atoms with Gasteiger partial charge in [0.25, 0.3) is 0 Å². The van der Waals surface area contributed by atoms with Crippen LogP contribution in [-0.2, 0) is 0 Å². The first kappa shape index (κ1) is 6.85. The maximum absolute atomic E-state index is 4.32. The fraction of sp³-hybridized carbons (Fsp3) is 0.250. The van der Waals surface area contributed by atoms with Crippen LogP contribution >= 0.6 is 11.8 Å². The molecule has 0 bridgehead atoms. The van der Waals surface area contributed by atoms with Crippen molar-refractivity contribution >= 4 is 16.8 Å². The number of hydrogen-bond donors (Lipinski definition) is 0. The minimum absolute atomic E-state index is 0.941. The number of nitrogens with zero attached hydrogens (tertiary/aromatic N) is 2. The highest BCUT2D eigenvalue weighted by Gasteiger charge is 2.09. The number of rotatable bonds is 1. The lowest BCUT2D eigenvalue weighted by Gasteiger charge is -1.95. The highest BCUT2D eigenvalue weighted by Crippen LogP contribution is 2.16. The fourth-order valence-corrected chi connectivity index (χ4v) is 1.81. The summed E-state index contributed by atoms with van der Waals surface area (Å²) in [6, 6.07) is 5.91. The van der Waals surface area contributed by atoms with Gasteiger partial charge in [-0.2, -0.15) is 0 Å². The highest BCUT2D eigenvalue weighted by molar-refractivity contribution is 8.14. The van der Waals surface area contributed by atoms with E-state index in [1.807, 2.05) is 18.2 Å². The average Bonchev–Trinajstić information content (AvgIpc) is 2.58. The van der Waals surface area contributed by atoms with E-state index in [4.69, 9.17) is 0 Å². The van der Waals surface area contributed by atoms with Crippen molar-refractivity contribution in [3.8, 4) is 0 Å². The van der Waals surface area contributed by atoms with Crippen molar-refractivity contribution in [1.82, 2.24) is 4.98 Å². The maximum atomic E-state index is 4.32. The molecule has 0 unspecified atom stereocenters. The second kappa shape index (κ2) is 3.05. The van der Waals surface area contributed by atoms with Crippen LogP contribution in [0.2, 0.25) is 0 Å². The van der Waals surface area contributed by atoms with Crippen LogP contribution in [0.1, 0.15) is 5.69 Å². The molecule has 0 fully saturated rings. The number of thioether (sulfide) groups is 1. The van der Waals surface area contributed by atoms with Gasteiger partial charge in [0.1, 0.15) is 5.04 Å². The summed E-state index contributed by atoms with van der Waals surface area (Å²) in [7, 11) is 0. The van der Waals surface area contributed by atoms with Crippen molar-refractivity contribution in [2.24, 2.45) is 4.99 Å². The van der Waals surface area contributed by atoms with E-state index in [0.29, 0.717) is 0 Å². The molecule has 2 nitrogen and oxygen atoms in total. The number of hydrogen-bond acceptors (Lipinski definition) is 3. The molecule has 56 valence electrons. The summed E-state index contributed by atoms with van der Waals surface area (Å²) in [5, 5.41) is 1.09. The van der Waals surface area contributed by atoms with Crippen molar-refractivity contribution in [3.05, 3.63) is 30.1 Å². The van der Waals surface area contributed by atoms with E-state index < -0.39 is 0 Å². The first-order chi connectivity index (χ1) is 5.47. The minimum atomic E-state index is 0.941. The Balaban J connectivity index is 2.29. The summed E-state index contributed by atoms with van der Waals surface area (Å²) in [6.45, 7) is 0.941. The third kappa shape index (κ3) is 1.43. The Labute approximate surface area is 69.8 Å². The molecule has 0 amide bonds. The van der Waals surface area contributed by atoms with Gasteiger partial charge in [0.15, 0.2) is 0 Å². The number of pyridine rings is 1. The predicted molar refractivity (Wildman–Crippen MR) is 48.1 cm³/mol. The zero-order chi connectivity index (χ0) is 7.52. The van der Waals surface area contributed by atoms with Gasteiger partial charge in [0.05, 0.1) is 5.69 Å². The second-order valence-corrected chi connectivity index (χ2v) is 3.33. The molecule has 0 aliphatic carbocycles. The molecule has 3 heteroatoms. The van der Waals surface area contributed by atoms with Gasteiger partial charge in [-0.25, -0.2) is 0 Å². The molecule has 1 aliphatic heterocycles. The summed E-state index contributed by atoms with van der Waals surface area (Å²) in [6.07, 6.45) is 1.80. The number of aliphatic imine (C=N–C) groups is 1. The topological polar surface area (TPSA) is 25.2 Å². The van der Waals surface area contributed by atoms with Crippen LogP contribution in [0.25, 0.3) is 0 Å². The van der Waals surface area contributed by atoms with E-state index in [2.05, 4.69) is 9.98 Å². The maximum Gasteiger partial charge on any atom is 0.116 e. The van der Waals surface area contributed by atoms with Gasteiger partial charge >= 0.3 is 0 Å². The Kier molecular flexibility index (Phi) is 1.90. The van der Waals surface area contributed by atoms with Gasteiger partial charge in [-0.3, -0.25) is 9.98 Å². The molecule has 2 rings (SSSR count). The smallest absolute Gasteiger partial charge is 0.116 e. The third-order valence-electron chi connectivity index (χ3n) is 1.47. The SMILES string of the molecule is c1ccc(C2=NCCS2)nc1. The number of aromatic nitrogens is 1. The van der Waals surface area contributed by atoms with Crippen LogP contribution in [-0.4, -0.2) is 22.3 Å². The van der Waals surface area contributed by atoms with Gasteiger partial charge in [-0.05, 0) is 12.1 Å². The molecule has 0 radical (unpaired) electrons. The monoisotopic (exact) mass is 164 g/mol. The Hall–Kier alpha value is -0.830. The summed E-state index contributed by atoms with van der Waals surface area (Å²) < 4.78 is 0. The van der Waals surface area contributed by atoms with Crippen molar-refractivity contribution in [2.75, 3.05) is 12.3 Å². The predicted octanol–water partition coefficient (Wildman–Crippen LogP) is 1.57. The molecular weight excluding hydrogens is 156 g/mol. The molecule has 0 saturated heterocycles. The molecule has 0 aromatic carbocycles. The molecule has 1 aromatic rings. The Morgan fingerprint density at radius 1 is 1.36 bits per heavy atom. The molecule has 11 heavy (non-hydrogen) atoms. The van der Waals surface area contributed by atoms with Gasteiger partial charge in [0.2, 0.25) is 0 Å². The van der Waals surface area contributed by atoms with Crippen LogP contribution in [0.4, 0.5) is 0 Å². The molecule has 0 N–H and O–H groups in total. The molecule has 0 atom stereocenters. The van der Waals surface area contributed by atoms with Gasteiger partial charge < -0.3 is 0 Å². The quantitative estimate of drug-likeness (QED) is 0.629. The summed E-state index contributed by atoms with van der Waals surface area (Å²) in [5.74, 6) is 1.10. The lowest BCUT2D eigenvalue weighted by Crippen LogP contribution is -1.93. The lowest BCUT2D eigenvalue weighted by molar-refractivity contribution is 1.17. The van der Waals surface area contributed by atoms with Gasteiger partial charge in [-0.15, -0.1) is 11.8 Å². The van der Waals surface area contributed by atoms with Crippen LogP contribution in [0, 0.1) is 0 Å². The van der Waals surface area contributed by atoms with Gasteiger partial charge in [-0.1, -0.05) is 6.07 Å². The Morgan fingerprint density at radius 2 is 2.36 bits per heavy atom. The largest absolute Gasteiger partial charge is 0.275 e. The fourth-order valence-electron chi connectivity index (χ4n) is 0.979. The van der Waals surface area contributed by atoms with E-state index in [0.717, 1.165) is 23.0 Å². The zero-order valence-electron chi connectivity index (χ0n) is 6.03. The Morgan fingerprint density at radius 3 is 3.00 bits per heavy atom. The van der Waals surface area contributed by atoms with Crippen molar-refractivity contribution in [2.45, 2.75) is 0 Å². The van der Waals surface area contributed by atoms with Crippen molar-refractivity contribution in [1.29, 1.82) is 0 Å². The normalized spacial score (nSPS) is 16.5. The van der Waals surface area contributed by atoms with Crippen LogP contribution in [0.3, 0.4) is 0 Å². The van der Waals surface area contributed by atoms with Crippen LogP contribution < -0.4 is 0 Å². The van der Waals surface area contributed by atoms with Crippen LogP contribution in [0.5, 0.6) is 0 Å². The standard InChI is InChI=1S/C8H8N2S/c1-2-4-9-7(3-1)8-10-5-6-11-8/h1-4H,5-6H2. The third-order valence-corrected chi connectivity index (χ3v) is 2.47. The molecule has 0 saturated carbocycles. The summed E-state index contributed by atoms with van der Waals surface area (Å²) >= 11 is 1.78. The second-order valence-electron chi connectivity index (χ2n) is 2.25. The average molecular weight is 164 g/mol. The van der Waals surface area contributed by atoms with Gasteiger partial charge in [0, 0.05) is 18.5 Å². The van der Waals surface area contributed by atoms with E-state index in [1.165, 1.54) is 0 Å².